The first kappa shape index (κ1) is 13.8. The van der Waals surface area contributed by atoms with Gasteiger partial charge in [-0.15, -0.1) is 0 Å². The summed E-state index contributed by atoms with van der Waals surface area (Å²) in [5, 5.41) is 9.04. The Balaban J connectivity index is 2.38. The molecule has 19 heavy (non-hydrogen) atoms. The number of nitrogens with one attached hydrogen (secondary N) is 1. The highest BCUT2D eigenvalue weighted by molar-refractivity contribution is 7.89. The average Bonchev–Trinajstić information content (AvgIpc) is 3.11. The molecule has 1 unspecified atom stereocenters. The fourth-order valence-corrected chi connectivity index (χ4v) is 3.48. The molecule has 6 nitrogen and oxygen atoms in total. The molecule has 1 aromatic carbocycles. The summed E-state index contributed by atoms with van der Waals surface area (Å²) in [7, 11) is -3.87. The zero-order chi connectivity index (χ0) is 14.2. The fraction of sp³-hybridized carbons (Fsp3) is 0.417. The van der Waals surface area contributed by atoms with Crippen molar-refractivity contribution in [3.8, 4) is 0 Å². The number of aromatic carboxylic acids is 1. The van der Waals surface area contributed by atoms with Gasteiger partial charge in [0.1, 0.15) is 0 Å². The van der Waals surface area contributed by atoms with E-state index in [0.29, 0.717) is 5.92 Å². The summed E-state index contributed by atoms with van der Waals surface area (Å²) in [5.41, 5.74) is 5.48. The first-order valence-electron chi connectivity index (χ1n) is 5.96. The third-order valence-electron chi connectivity index (χ3n) is 3.20. The number of hydrogen-bond donors (Lipinski definition) is 3. The molecule has 4 N–H and O–H groups in total. The second kappa shape index (κ2) is 4.82. The predicted molar refractivity (Wildman–Crippen MR) is 70.3 cm³/mol. The topological polar surface area (TPSA) is 109 Å². The van der Waals surface area contributed by atoms with Gasteiger partial charge in [0.2, 0.25) is 10.0 Å². The second-order valence-corrected chi connectivity index (χ2v) is 6.49. The van der Waals surface area contributed by atoms with Crippen molar-refractivity contribution in [2.45, 2.75) is 30.7 Å². The van der Waals surface area contributed by atoms with Crippen LogP contribution in [-0.4, -0.2) is 25.5 Å². The maximum Gasteiger partial charge on any atom is 0.337 e. The Hall–Kier alpha value is -1.60. The van der Waals surface area contributed by atoms with Gasteiger partial charge < -0.3 is 10.8 Å². The minimum absolute atomic E-state index is 0.201. The van der Waals surface area contributed by atoms with E-state index >= 15 is 0 Å². The number of rotatable bonds is 5. The summed E-state index contributed by atoms with van der Waals surface area (Å²) in [4.78, 5) is 10.8. The molecule has 1 aliphatic rings. The van der Waals surface area contributed by atoms with Crippen LogP contribution < -0.4 is 10.5 Å². The zero-order valence-corrected chi connectivity index (χ0v) is 11.3. The molecule has 1 aliphatic carbocycles. The minimum atomic E-state index is -3.87. The minimum Gasteiger partial charge on any atom is -0.478 e. The maximum atomic E-state index is 12.2. The lowest BCUT2D eigenvalue weighted by Crippen LogP contribution is -2.34. The predicted octanol–water partition coefficient (Wildman–Crippen LogP) is 1.04. The Labute approximate surface area is 111 Å². The van der Waals surface area contributed by atoms with Gasteiger partial charge in [-0.05, 0) is 43.9 Å². The summed E-state index contributed by atoms with van der Waals surface area (Å²) < 4.78 is 27.0. The number of hydrogen-bond acceptors (Lipinski definition) is 4. The van der Waals surface area contributed by atoms with E-state index < -0.39 is 16.0 Å². The van der Waals surface area contributed by atoms with Crippen LogP contribution in [0.4, 0.5) is 5.69 Å². The lowest BCUT2D eigenvalue weighted by Gasteiger charge is -2.15. The van der Waals surface area contributed by atoms with E-state index in [2.05, 4.69) is 4.72 Å². The Kier molecular flexibility index (Phi) is 3.51. The van der Waals surface area contributed by atoms with E-state index in [-0.39, 0.29) is 22.2 Å². The van der Waals surface area contributed by atoms with Crippen molar-refractivity contribution >= 4 is 21.7 Å². The summed E-state index contributed by atoms with van der Waals surface area (Å²) >= 11 is 0. The van der Waals surface area contributed by atoms with Gasteiger partial charge in [0.15, 0.2) is 0 Å². The van der Waals surface area contributed by atoms with E-state index in [1.54, 1.807) is 6.92 Å². The second-order valence-electron chi connectivity index (χ2n) is 4.81. The molecule has 0 bridgehead atoms. The monoisotopic (exact) mass is 284 g/mol. The van der Waals surface area contributed by atoms with Crippen LogP contribution in [0.2, 0.25) is 0 Å². The van der Waals surface area contributed by atoms with Crippen LogP contribution in [0.15, 0.2) is 23.1 Å². The van der Waals surface area contributed by atoms with Gasteiger partial charge in [0.25, 0.3) is 0 Å². The van der Waals surface area contributed by atoms with Crippen molar-refractivity contribution in [2.75, 3.05) is 5.73 Å². The van der Waals surface area contributed by atoms with E-state index in [0.717, 1.165) is 12.8 Å². The van der Waals surface area contributed by atoms with Crippen molar-refractivity contribution < 1.29 is 18.3 Å². The SMILES string of the molecule is CC(NS(=O)(=O)c1cc(N)ccc1C(=O)O)C1CC1. The fourth-order valence-electron chi connectivity index (χ4n) is 1.94. The molecule has 104 valence electrons. The van der Waals surface area contributed by atoms with E-state index in [1.807, 2.05) is 0 Å². The van der Waals surface area contributed by atoms with E-state index in [4.69, 9.17) is 10.8 Å². The van der Waals surface area contributed by atoms with Crippen LogP contribution in [0, 0.1) is 5.92 Å². The summed E-state index contributed by atoms with van der Waals surface area (Å²) in [5.74, 6) is -0.955. The van der Waals surface area contributed by atoms with Gasteiger partial charge in [0.05, 0.1) is 10.5 Å². The van der Waals surface area contributed by atoms with Crippen LogP contribution in [-0.2, 0) is 10.0 Å². The number of nitrogen functional groups attached to an aromatic ring is 1. The lowest BCUT2D eigenvalue weighted by molar-refractivity contribution is 0.0692. The van der Waals surface area contributed by atoms with Crippen molar-refractivity contribution in [1.82, 2.24) is 4.72 Å². The van der Waals surface area contributed by atoms with Gasteiger partial charge in [-0.2, -0.15) is 0 Å². The molecule has 1 aromatic rings. The molecule has 0 saturated heterocycles. The van der Waals surface area contributed by atoms with Crippen molar-refractivity contribution in [2.24, 2.45) is 5.92 Å². The molecule has 0 amide bonds. The normalized spacial score (nSPS) is 17.1. The summed E-state index contributed by atoms with van der Waals surface area (Å²) in [6, 6.07) is 3.54. The lowest BCUT2D eigenvalue weighted by atomic mass is 10.2. The van der Waals surface area contributed by atoms with Gasteiger partial charge >= 0.3 is 5.97 Å². The smallest absolute Gasteiger partial charge is 0.337 e. The zero-order valence-electron chi connectivity index (χ0n) is 10.5. The van der Waals surface area contributed by atoms with Crippen molar-refractivity contribution in [1.29, 1.82) is 0 Å². The van der Waals surface area contributed by atoms with Gasteiger partial charge in [0, 0.05) is 11.7 Å². The molecule has 0 spiro atoms. The number of benzene rings is 1. The molecule has 0 aromatic heterocycles. The molecule has 1 saturated carbocycles. The van der Waals surface area contributed by atoms with Gasteiger partial charge in [-0.1, -0.05) is 0 Å². The number of anilines is 1. The van der Waals surface area contributed by atoms with Crippen LogP contribution in [0.25, 0.3) is 0 Å². The van der Waals surface area contributed by atoms with Gasteiger partial charge in [-0.25, -0.2) is 17.9 Å². The van der Waals surface area contributed by atoms with Gasteiger partial charge in [-0.3, -0.25) is 0 Å². The molecule has 0 heterocycles. The highest BCUT2D eigenvalue weighted by atomic mass is 32.2. The molecule has 0 radical (unpaired) electrons. The highest BCUT2D eigenvalue weighted by Gasteiger charge is 2.32. The van der Waals surface area contributed by atoms with Crippen LogP contribution in [0.5, 0.6) is 0 Å². The molecular weight excluding hydrogens is 268 g/mol. The Bertz CT molecular complexity index is 608. The molecule has 1 fully saturated rings. The van der Waals surface area contributed by atoms with Crippen LogP contribution in [0.3, 0.4) is 0 Å². The summed E-state index contributed by atoms with van der Waals surface area (Å²) in [6.07, 6.45) is 1.98. The summed E-state index contributed by atoms with van der Waals surface area (Å²) in [6.45, 7) is 1.78. The third kappa shape index (κ3) is 3.05. The third-order valence-corrected chi connectivity index (χ3v) is 4.79. The Morgan fingerprint density at radius 1 is 1.47 bits per heavy atom. The molecule has 7 heteroatoms. The number of carboxylic acid groups (broad SMARTS) is 1. The number of nitrogens with two attached hydrogens (primary N) is 1. The Morgan fingerprint density at radius 3 is 2.63 bits per heavy atom. The van der Waals surface area contributed by atoms with Crippen LogP contribution >= 0.6 is 0 Å². The van der Waals surface area contributed by atoms with Crippen molar-refractivity contribution in [3.05, 3.63) is 23.8 Å². The first-order chi connectivity index (χ1) is 8.81. The Morgan fingerprint density at radius 2 is 2.11 bits per heavy atom. The molecule has 1 atom stereocenters. The van der Waals surface area contributed by atoms with E-state index in [9.17, 15) is 13.2 Å². The van der Waals surface area contributed by atoms with Crippen molar-refractivity contribution in [3.63, 3.8) is 0 Å². The number of sulfonamides is 1. The maximum absolute atomic E-state index is 12.2. The molecular formula is C12H16N2O4S. The number of carbonyl (C=O) groups is 1. The molecule has 2 rings (SSSR count). The quantitative estimate of drug-likeness (QED) is 0.700. The average molecular weight is 284 g/mol. The standard InChI is InChI=1S/C12H16N2O4S/c1-7(8-2-3-8)14-19(17,18)11-6-9(13)4-5-10(11)12(15)16/h4-8,14H,2-3,13H2,1H3,(H,15,16). The van der Waals surface area contributed by atoms with Crippen LogP contribution in [0.1, 0.15) is 30.1 Å². The largest absolute Gasteiger partial charge is 0.478 e. The first-order valence-corrected chi connectivity index (χ1v) is 7.45. The highest BCUT2D eigenvalue weighted by Crippen LogP contribution is 2.33. The van der Waals surface area contributed by atoms with E-state index in [1.165, 1.54) is 18.2 Å². The number of carboxylic acids is 1. The molecule has 0 aliphatic heterocycles.